The van der Waals surface area contributed by atoms with Gasteiger partial charge in [0.25, 0.3) is 0 Å². The molecule has 1 atom stereocenters. The van der Waals surface area contributed by atoms with Crippen LogP contribution >= 0.6 is 27.5 Å². The first-order valence-electron chi connectivity index (χ1n) is 5.29. The first-order chi connectivity index (χ1) is 8.18. The average molecular weight is 312 g/mol. The summed E-state index contributed by atoms with van der Waals surface area (Å²) in [4.78, 5) is 4.06. The number of nitrogens with one attached hydrogen (secondary N) is 1. The van der Waals surface area contributed by atoms with Crippen LogP contribution in [-0.4, -0.2) is 4.98 Å². The Kier molecular flexibility index (Phi) is 4.02. The van der Waals surface area contributed by atoms with Gasteiger partial charge < -0.3 is 5.32 Å². The quantitative estimate of drug-likeness (QED) is 0.891. The Morgan fingerprint density at radius 2 is 2.06 bits per heavy atom. The van der Waals surface area contributed by atoms with E-state index in [1.54, 1.807) is 18.5 Å². The van der Waals surface area contributed by atoms with Crippen molar-refractivity contribution in [1.82, 2.24) is 4.98 Å². The number of pyridine rings is 1. The van der Waals surface area contributed by atoms with Crippen molar-refractivity contribution < 1.29 is 0 Å². The maximum absolute atomic E-state index is 6.08. The lowest BCUT2D eigenvalue weighted by molar-refractivity contribution is 0.877. The summed E-state index contributed by atoms with van der Waals surface area (Å²) in [5.41, 5.74) is 2.03. The molecule has 0 saturated carbocycles. The highest BCUT2D eigenvalue weighted by Crippen LogP contribution is 2.28. The third-order valence-corrected chi connectivity index (χ3v) is 3.56. The summed E-state index contributed by atoms with van der Waals surface area (Å²) in [5, 5.41) is 4.02. The molecule has 0 fully saturated rings. The molecule has 0 aliphatic heterocycles. The van der Waals surface area contributed by atoms with Crippen LogP contribution in [0.4, 0.5) is 5.69 Å². The van der Waals surface area contributed by atoms with Gasteiger partial charge in [-0.25, -0.2) is 0 Å². The number of rotatable bonds is 3. The predicted molar refractivity (Wildman–Crippen MR) is 75.4 cm³/mol. The van der Waals surface area contributed by atoms with Crippen LogP contribution in [0.2, 0.25) is 5.02 Å². The summed E-state index contributed by atoms with van der Waals surface area (Å²) in [5.74, 6) is 0. The molecule has 1 aromatic carbocycles. The maximum Gasteiger partial charge on any atom is 0.0720 e. The summed E-state index contributed by atoms with van der Waals surface area (Å²) in [7, 11) is 0. The summed E-state index contributed by atoms with van der Waals surface area (Å²) in [6.07, 6.45) is 3.41. The highest BCUT2D eigenvalue weighted by molar-refractivity contribution is 9.10. The zero-order valence-corrected chi connectivity index (χ0v) is 11.7. The first kappa shape index (κ1) is 12.4. The van der Waals surface area contributed by atoms with Gasteiger partial charge in [-0.1, -0.05) is 45.7 Å². The fourth-order valence-electron chi connectivity index (χ4n) is 1.62. The molecule has 0 aliphatic rings. The molecular weight excluding hydrogens is 300 g/mol. The van der Waals surface area contributed by atoms with Crippen LogP contribution < -0.4 is 5.32 Å². The number of anilines is 1. The zero-order chi connectivity index (χ0) is 12.3. The molecule has 1 N–H and O–H groups in total. The van der Waals surface area contributed by atoms with Crippen molar-refractivity contribution >= 4 is 33.2 Å². The second-order valence-electron chi connectivity index (χ2n) is 3.74. The number of halogens is 2. The molecular formula is C13H12BrClN2. The highest BCUT2D eigenvalue weighted by Gasteiger charge is 2.09. The van der Waals surface area contributed by atoms with Crippen molar-refractivity contribution in [1.29, 1.82) is 0 Å². The minimum absolute atomic E-state index is 0.160. The molecule has 0 amide bonds. The number of hydrogen-bond donors (Lipinski definition) is 1. The molecule has 0 aliphatic carbocycles. The van der Waals surface area contributed by atoms with E-state index < -0.39 is 0 Å². The van der Waals surface area contributed by atoms with Crippen LogP contribution in [0.5, 0.6) is 0 Å². The lowest BCUT2D eigenvalue weighted by Crippen LogP contribution is -2.07. The van der Waals surface area contributed by atoms with E-state index in [1.165, 1.54) is 5.56 Å². The minimum Gasteiger partial charge on any atom is -0.376 e. The second-order valence-corrected chi connectivity index (χ2v) is 5.00. The lowest BCUT2D eigenvalue weighted by Gasteiger charge is -2.17. The van der Waals surface area contributed by atoms with E-state index >= 15 is 0 Å². The van der Waals surface area contributed by atoms with E-state index in [0.29, 0.717) is 5.02 Å². The Bertz CT molecular complexity index is 516. The number of hydrogen-bond acceptors (Lipinski definition) is 2. The summed E-state index contributed by atoms with van der Waals surface area (Å²) in [6, 6.07) is 10.0. The molecule has 1 aromatic heterocycles. The third-order valence-electron chi connectivity index (χ3n) is 2.51. The van der Waals surface area contributed by atoms with Crippen molar-refractivity contribution in [2.24, 2.45) is 0 Å². The summed E-state index contributed by atoms with van der Waals surface area (Å²) >= 11 is 9.62. The van der Waals surface area contributed by atoms with Crippen molar-refractivity contribution in [3.8, 4) is 0 Å². The van der Waals surface area contributed by atoms with E-state index in [0.717, 1.165) is 10.2 Å². The summed E-state index contributed by atoms with van der Waals surface area (Å²) < 4.78 is 1.08. The molecule has 0 radical (unpaired) electrons. The molecule has 4 heteroatoms. The van der Waals surface area contributed by atoms with E-state index in [-0.39, 0.29) is 6.04 Å². The van der Waals surface area contributed by atoms with E-state index in [2.05, 4.69) is 39.2 Å². The average Bonchev–Trinajstić information content (AvgIpc) is 2.32. The smallest absolute Gasteiger partial charge is 0.0720 e. The van der Waals surface area contributed by atoms with Crippen LogP contribution in [-0.2, 0) is 0 Å². The van der Waals surface area contributed by atoms with Crippen LogP contribution in [0, 0.1) is 0 Å². The normalized spacial score (nSPS) is 12.2. The monoisotopic (exact) mass is 310 g/mol. The van der Waals surface area contributed by atoms with Crippen molar-refractivity contribution in [3.63, 3.8) is 0 Å². The molecule has 2 rings (SSSR count). The van der Waals surface area contributed by atoms with Gasteiger partial charge in [0.15, 0.2) is 0 Å². The van der Waals surface area contributed by atoms with Crippen LogP contribution in [0.25, 0.3) is 0 Å². The molecule has 1 unspecified atom stereocenters. The van der Waals surface area contributed by atoms with Gasteiger partial charge in [0.1, 0.15) is 0 Å². The van der Waals surface area contributed by atoms with Crippen molar-refractivity contribution in [3.05, 3.63) is 57.8 Å². The van der Waals surface area contributed by atoms with Gasteiger partial charge in [-0.3, -0.25) is 4.98 Å². The number of benzene rings is 1. The zero-order valence-electron chi connectivity index (χ0n) is 9.32. The van der Waals surface area contributed by atoms with Gasteiger partial charge in [-0.2, -0.15) is 0 Å². The standard InChI is InChI=1S/C13H12BrClN2/c1-9(10-4-2-3-5-11(10)14)17-13-8-16-7-6-12(13)15/h2-9,17H,1H3. The van der Waals surface area contributed by atoms with Crippen molar-refractivity contribution in [2.45, 2.75) is 13.0 Å². The lowest BCUT2D eigenvalue weighted by atomic mass is 10.1. The Hall–Kier alpha value is -1.06. The molecule has 2 aromatic rings. The molecule has 0 spiro atoms. The molecule has 0 saturated heterocycles. The van der Waals surface area contributed by atoms with Crippen LogP contribution in [0.15, 0.2) is 47.2 Å². The second kappa shape index (κ2) is 5.52. The SMILES string of the molecule is CC(Nc1cnccc1Cl)c1ccccc1Br. The fraction of sp³-hybridized carbons (Fsp3) is 0.154. The van der Waals surface area contributed by atoms with Gasteiger partial charge in [0.05, 0.1) is 16.9 Å². The molecule has 1 heterocycles. The minimum atomic E-state index is 0.160. The Morgan fingerprint density at radius 1 is 1.29 bits per heavy atom. The predicted octanol–water partition coefficient (Wildman–Crippen LogP) is 4.67. The molecule has 17 heavy (non-hydrogen) atoms. The fourth-order valence-corrected chi connectivity index (χ4v) is 2.41. The Balaban J connectivity index is 2.20. The molecule has 0 bridgehead atoms. The van der Waals surface area contributed by atoms with Crippen LogP contribution in [0.1, 0.15) is 18.5 Å². The molecule has 88 valence electrons. The van der Waals surface area contributed by atoms with E-state index in [1.807, 2.05) is 18.2 Å². The number of nitrogens with zero attached hydrogens (tertiary/aromatic N) is 1. The van der Waals surface area contributed by atoms with Crippen LogP contribution in [0.3, 0.4) is 0 Å². The van der Waals surface area contributed by atoms with Gasteiger partial charge in [-0.15, -0.1) is 0 Å². The number of aromatic nitrogens is 1. The topological polar surface area (TPSA) is 24.9 Å². The van der Waals surface area contributed by atoms with E-state index in [4.69, 9.17) is 11.6 Å². The van der Waals surface area contributed by atoms with Crippen molar-refractivity contribution in [2.75, 3.05) is 5.32 Å². The first-order valence-corrected chi connectivity index (χ1v) is 6.46. The van der Waals surface area contributed by atoms with Gasteiger partial charge in [-0.05, 0) is 24.6 Å². The maximum atomic E-state index is 6.08. The highest BCUT2D eigenvalue weighted by atomic mass is 79.9. The largest absolute Gasteiger partial charge is 0.376 e. The Labute approximate surface area is 114 Å². The summed E-state index contributed by atoms with van der Waals surface area (Å²) in [6.45, 7) is 2.09. The van der Waals surface area contributed by atoms with Gasteiger partial charge >= 0.3 is 0 Å². The van der Waals surface area contributed by atoms with Gasteiger partial charge in [0, 0.05) is 16.7 Å². The van der Waals surface area contributed by atoms with E-state index in [9.17, 15) is 0 Å². The third kappa shape index (κ3) is 2.99. The Morgan fingerprint density at radius 3 is 2.76 bits per heavy atom. The molecule has 2 nitrogen and oxygen atoms in total. The van der Waals surface area contributed by atoms with Gasteiger partial charge in [0.2, 0.25) is 0 Å².